The molecule has 0 spiro atoms. The van der Waals surface area contributed by atoms with Crippen LogP contribution in [0, 0.1) is 11.3 Å². The van der Waals surface area contributed by atoms with E-state index in [4.69, 9.17) is 0 Å². The van der Waals surface area contributed by atoms with E-state index in [0.717, 1.165) is 5.92 Å². The van der Waals surface area contributed by atoms with Gasteiger partial charge >= 0.3 is 0 Å². The average Bonchev–Trinajstić information content (AvgIpc) is 2.69. The van der Waals surface area contributed by atoms with E-state index >= 15 is 0 Å². The fraction of sp³-hybridized carbons (Fsp3) is 1.00. The predicted molar refractivity (Wildman–Crippen MR) is 54.3 cm³/mol. The molecular weight excluding hydrogens is 146 g/mol. The first kappa shape index (κ1) is 10.0. The molecule has 1 fully saturated rings. The molecule has 1 aliphatic carbocycles. The van der Waals surface area contributed by atoms with Crippen molar-refractivity contribution in [2.75, 3.05) is 6.54 Å². The Morgan fingerprint density at radius 2 is 1.92 bits per heavy atom. The largest absolute Gasteiger partial charge is 0.314 e. The lowest BCUT2D eigenvalue weighted by Gasteiger charge is -2.28. The van der Waals surface area contributed by atoms with E-state index in [1.54, 1.807) is 0 Å². The normalized spacial score (nSPS) is 21.0. The Morgan fingerprint density at radius 3 is 2.33 bits per heavy atom. The zero-order valence-electron chi connectivity index (χ0n) is 8.98. The summed E-state index contributed by atoms with van der Waals surface area (Å²) in [5, 5.41) is 3.59. The van der Waals surface area contributed by atoms with Crippen LogP contribution in [0.3, 0.4) is 0 Å². The Labute approximate surface area is 76.9 Å². The van der Waals surface area contributed by atoms with Gasteiger partial charge in [0.2, 0.25) is 0 Å². The van der Waals surface area contributed by atoms with Crippen LogP contribution in [-0.2, 0) is 0 Å². The molecule has 0 aliphatic heterocycles. The van der Waals surface area contributed by atoms with Crippen molar-refractivity contribution < 1.29 is 0 Å². The van der Waals surface area contributed by atoms with E-state index in [1.165, 1.54) is 25.8 Å². The molecule has 1 unspecified atom stereocenters. The summed E-state index contributed by atoms with van der Waals surface area (Å²) in [5.74, 6) is 1.06. The van der Waals surface area contributed by atoms with E-state index in [0.29, 0.717) is 11.5 Å². The van der Waals surface area contributed by atoms with Crippen LogP contribution in [0.2, 0.25) is 0 Å². The van der Waals surface area contributed by atoms with Gasteiger partial charge in [-0.3, -0.25) is 0 Å². The van der Waals surface area contributed by atoms with Gasteiger partial charge in [-0.25, -0.2) is 0 Å². The summed E-state index contributed by atoms with van der Waals surface area (Å²) in [5.41, 5.74) is 0.406. The molecule has 0 saturated heterocycles. The van der Waals surface area contributed by atoms with E-state index in [-0.39, 0.29) is 0 Å². The molecule has 0 bridgehead atoms. The SMILES string of the molecule is CC(NCCC1CC1)C(C)(C)C. The Kier molecular flexibility index (Phi) is 3.16. The quantitative estimate of drug-likeness (QED) is 0.682. The van der Waals surface area contributed by atoms with Gasteiger partial charge in [0, 0.05) is 6.04 Å². The lowest BCUT2D eigenvalue weighted by molar-refractivity contribution is 0.285. The molecule has 0 aromatic heterocycles. The second-order valence-electron chi connectivity index (χ2n) is 5.27. The van der Waals surface area contributed by atoms with Gasteiger partial charge in [-0.15, -0.1) is 0 Å². The Hall–Kier alpha value is -0.0400. The van der Waals surface area contributed by atoms with Crippen molar-refractivity contribution in [1.82, 2.24) is 5.32 Å². The molecule has 72 valence electrons. The highest BCUT2D eigenvalue weighted by molar-refractivity contribution is 4.78. The molecule has 1 heteroatoms. The molecule has 0 amide bonds. The van der Waals surface area contributed by atoms with Crippen LogP contribution in [0.1, 0.15) is 47.0 Å². The Bertz CT molecular complexity index is 130. The van der Waals surface area contributed by atoms with Gasteiger partial charge in [0.25, 0.3) is 0 Å². The molecule has 1 atom stereocenters. The van der Waals surface area contributed by atoms with Crippen molar-refractivity contribution in [3.63, 3.8) is 0 Å². The third kappa shape index (κ3) is 3.57. The lowest BCUT2D eigenvalue weighted by atomic mass is 9.88. The lowest BCUT2D eigenvalue weighted by Crippen LogP contribution is -2.38. The number of rotatable bonds is 4. The van der Waals surface area contributed by atoms with Crippen molar-refractivity contribution in [3.8, 4) is 0 Å². The smallest absolute Gasteiger partial charge is 0.00872 e. The summed E-state index contributed by atoms with van der Waals surface area (Å²) in [6, 6.07) is 0.635. The summed E-state index contributed by atoms with van der Waals surface area (Å²) in [6.07, 6.45) is 4.34. The second-order valence-corrected chi connectivity index (χ2v) is 5.27. The Balaban J connectivity index is 2.04. The molecule has 1 N–H and O–H groups in total. The first-order valence-electron chi connectivity index (χ1n) is 5.23. The highest BCUT2D eigenvalue weighted by Crippen LogP contribution is 2.31. The molecule has 0 aromatic rings. The third-order valence-corrected chi connectivity index (χ3v) is 3.00. The van der Waals surface area contributed by atoms with Gasteiger partial charge in [-0.05, 0) is 31.2 Å². The zero-order valence-corrected chi connectivity index (χ0v) is 8.98. The minimum Gasteiger partial charge on any atom is -0.314 e. The van der Waals surface area contributed by atoms with Gasteiger partial charge in [0.15, 0.2) is 0 Å². The van der Waals surface area contributed by atoms with Crippen molar-refractivity contribution in [1.29, 1.82) is 0 Å². The van der Waals surface area contributed by atoms with Crippen LogP contribution in [0.25, 0.3) is 0 Å². The first-order chi connectivity index (χ1) is 5.50. The zero-order chi connectivity index (χ0) is 9.19. The molecule has 0 radical (unpaired) electrons. The van der Waals surface area contributed by atoms with Gasteiger partial charge in [0.05, 0.1) is 0 Å². The van der Waals surface area contributed by atoms with Crippen LogP contribution in [-0.4, -0.2) is 12.6 Å². The molecule has 12 heavy (non-hydrogen) atoms. The first-order valence-corrected chi connectivity index (χ1v) is 5.23. The number of hydrogen-bond acceptors (Lipinski definition) is 1. The third-order valence-electron chi connectivity index (χ3n) is 3.00. The van der Waals surface area contributed by atoms with Crippen molar-refractivity contribution in [2.45, 2.75) is 53.0 Å². The van der Waals surface area contributed by atoms with E-state index in [9.17, 15) is 0 Å². The van der Waals surface area contributed by atoms with Gasteiger partial charge in [-0.2, -0.15) is 0 Å². The predicted octanol–water partition coefficient (Wildman–Crippen LogP) is 2.81. The van der Waals surface area contributed by atoms with Gasteiger partial charge < -0.3 is 5.32 Å². The fourth-order valence-electron chi connectivity index (χ4n) is 1.22. The molecule has 1 rings (SSSR count). The maximum Gasteiger partial charge on any atom is 0.00872 e. The summed E-state index contributed by atoms with van der Waals surface area (Å²) in [7, 11) is 0. The highest BCUT2D eigenvalue weighted by atomic mass is 14.9. The van der Waals surface area contributed by atoms with Crippen LogP contribution < -0.4 is 5.32 Å². The number of hydrogen-bond donors (Lipinski definition) is 1. The molecule has 1 aliphatic rings. The second kappa shape index (κ2) is 3.78. The summed E-state index contributed by atoms with van der Waals surface area (Å²) < 4.78 is 0. The van der Waals surface area contributed by atoms with E-state index in [2.05, 4.69) is 33.0 Å². The van der Waals surface area contributed by atoms with Crippen LogP contribution >= 0.6 is 0 Å². The van der Waals surface area contributed by atoms with E-state index < -0.39 is 0 Å². The van der Waals surface area contributed by atoms with Crippen LogP contribution in [0.4, 0.5) is 0 Å². The molecule has 0 aromatic carbocycles. The molecule has 0 heterocycles. The molecule has 1 saturated carbocycles. The van der Waals surface area contributed by atoms with Crippen molar-refractivity contribution in [2.24, 2.45) is 11.3 Å². The Morgan fingerprint density at radius 1 is 1.33 bits per heavy atom. The monoisotopic (exact) mass is 169 g/mol. The maximum atomic E-state index is 3.59. The summed E-state index contributed by atoms with van der Waals surface area (Å²) >= 11 is 0. The van der Waals surface area contributed by atoms with Gasteiger partial charge in [0.1, 0.15) is 0 Å². The number of nitrogens with one attached hydrogen (secondary N) is 1. The van der Waals surface area contributed by atoms with Crippen LogP contribution in [0.15, 0.2) is 0 Å². The maximum absolute atomic E-state index is 3.59. The van der Waals surface area contributed by atoms with Gasteiger partial charge in [-0.1, -0.05) is 33.6 Å². The van der Waals surface area contributed by atoms with Crippen molar-refractivity contribution >= 4 is 0 Å². The summed E-state index contributed by atoms with van der Waals surface area (Å²) in [4.78, 5) is 0. The minimum atomic E-state index is 0.406. The average molecular weight is 169 g/mol. The van der Waals surface area contributed by atoms with Crippen LogP contribution in [0.5, 0.6) is 0 Å². The fourth-order valence-corrected chi connectivity index (χ4v) is 1.22. The van der Waals surface area contributed by atoms with Crippen molar-refractivity contribution in [3.05, 3.63) is 0 Å². The molecule has 1 nitrogen and oxygen atoms in total. The standard InChI is InChI=1S/C11H23N/c1-9(11(2,3)4)12-8-7-10-5-6-10/h9-10,12H,5-8H2,1-4H3. The van der Waals surface area contributed by atoms with E-state index in [1.807, 2.05) is 0 Å². The highest BCUT2D eigenvalue weighted by Gasteiger charge is 2.22. The summed E-state index contributed by atoms with van der Waals surface area (Å²) in [6.45, 7) is 10.4. The topological polar surface area (TPSA) is 12.0 Å². The minimum absolute atomic E-state index is 0.406. The molecular formula is C11H23N.